The van der Waals surface area contributed by atoms with Crippen LogP contribution in [0.2, 0.25) is 0 Å². The summed E-state index contributed by atoms with van der Waals surface area (Å²) < 4.78 is 5.89. The lowest BCUT2D eigenvalue weighted by atomic mass is 10.1. The number of benzene rings is 2. The van der Waals surface area contributed by atoms with Crippen LogP contribution in [0.4, 0.5) is 5.69 Å². The molecule has 0 aliphatic carbocycles. The van der Waals surface area contributed by atoms with Crippen molar-refractivity contribution in [1.82, 2.24) is 4.98 Å². The summed E-state index contributed by atoms with van der Waals surface area (Å²) in [6.45, 7) is 2.49. The third-order valence-electron chi connectivity index (χ3n) is 3.30. The molecule has 3 rings (SSSR count). The van der Waals surface area contributed by atoms with Gasteiger partial charge < -0.3 is 10.5 Å². The minimum absolute atomic E-state index is 0.499. The molecule has 0 saturated carbocycles. The Labute approximate surface area is 118 Å². The fraction of sp³-hybridized carbons (Fsp3) is 0.118. The smallest absolute Gasteiger partial charge is 0.122 e. The molecule has 3 aromatic rings. The molecule has 2 N–H and O–H groups in total. The molecule has 0 aliphatic heterocycles. The van der Waals surface area contributed by atoms with E-state index in [1.165, 1.54) is 0 Å². The van der Waals surface area contributed by atoms with Crippen molar-refractivity contribution >= 4 is 16.6 Å². The van der Waals surface area contributed by atoms with Crippen molar-refractivity contribution in [3.05, 3.63) is 65.9 Å². The van der Waals surface area contributed by atoms with Gasteiger partial charge in [-0.1, -0.05) is 24.3 Å². The van der Waals surface area contributed by atoms with Crippen molar-refractivity contribution in [3.63, 3.8) is 0 Å². The fourth-order valence-electron chi connectivity index (χ4n) is 2.27. The number of ether oxygens (including phenoxy) is 1. The van der Waals surface area contributed by atoms with Gasteiger partial charge >= 0.3 is 0 Å². The highest BCUT2D eigenvalue weighted by Gasteiger charge is 2.04. The van der Waals surface area contributed by atoms with Gasteiger partial charge in [0.25, 0.3) is 0 Å². The minimum atomic E-state index is 0.499. The average molecular weight is 264 g/mol. The molecular formula is C17H16N2O. The van der Waals surface area contributed by atoms with Crippen molar-refractivity contribution in [2.45, 2.75) is 13.5 Å². The molecule has 100 valence electrons. The predicted molar refractivity (Wildman–Crippen MR) is 81.7 cm³/mol. The lowest BCUT2D eigenvalue weighted by Crippen LogP contribution is -1.99. The van der Waals surface area contributed by atoms with Crippen LogP contribution in [0.5, 0.6) is 5.75 Å². The van der Waals surface area contributed by atoms with Crippen molar-refractivity contribution in [2.24, 2.45) is 0 Å². The molecular weight excluding hydrogens is 248 g/mol. The van der Waals surface area contributed by atoms with Gasteiger partial charge in [0.15, 0.2) is 0 Å². The van der Waals surface area contributed by atoms with Gasteiger partial charge in [0.05, 0.1) is 5.52 Å². The van der Waals surface area contributed by atoms with E-state index in [1.54, 1.807) is 6.20 Å². The Morgan fingerprint density at radius 3 is 2.80 bits per heavy atom. The summed E-state index contributed by atoms with van der Waals surface area (Å²) in [7, 11) is 0. The van der Waals surface area contributed by atoms with Crippen LogP contribution in [0.3, 0.4) is 0 Å². The lowest BCUT2D eigenvalue weighted by molar-refractivity contribution is 0.305. The molecule has 0 bridgehead atoms. The average Bonchev–Trinajstić information content (AvgIpc) is 2.46. The number of aromatic nitrogens is 1. The molecule has 0 aliphatic rings. The lowest BCUT2D eigenvalue weighted by Gasteiger charge is -2.11. The standard InChI is InChI=1S/C17H16N2O/c1-12-10-15(18)7-8-16(12)20-11-14-5-2-4-13-6-3-9-19-17(13)14/h2-10H,11,18H2,1H3. The highest BCUT2D eigenvalue weighted by atomic mass is 16.5. The first kappa shape index (κ1) is 12.5. The van der Waals surface area contributed by atoms with E-state index in [4.69, 9.17) is 10.5 Å². The largest absolute Gasteiger partial charge is 0.489 e. The first-order chi connectivity index (χ1) is 9.74. The summed E-state index contributed by atoms with van der Waals surface area (Å²) in [4.78, 5) is 4.43. The second-order valence-electron chi connectivity index (χ2n) is 4.81. The van der Waals surface area contributed by atoms with Gasteiger partial charge in [0, 0.05) is 22.8 Å². The third-order valence-corrected chi connectivity index (χ3v) is 3.30. The topological polar surface area (TPSA) is 48.1 Å². The van der Waals surface area contributed by atoms with Gasteiger partial charge in [0.1, 0.15) is 12.4 Å². The molecule has 0 unspecified atom stereocenters. The number of hydrogen-bond donors (Lipinski definition) is 1. The zero-order valence-corrected chi connectivity index (χ0v) is 11.3. The van der Waals surface area contributed by atoms with Crippen LogP contribution < -0.4 is 10.5 Å². The van der Waals surface area contributed by atoms with Crippen LogP contribution in [-0.2, 0) is 6.61 Å². The van der Waals surface area contributed by atoms with E-state index in [0.717, 1.165) is 33.5 Å². The van der Waals surface area contributed by atoms with E-state index in [9.17, 15) is 0 Å². The first-order valence-corrected chi connectivity index (χ1v) is 6.55. The molecule has 1 aromatic heterocycles. The quantitative estimate of drug-likeness (QED) is 0.734. The van der Waals surface area contributed by atoms with Crippen LogP contribution in [0.25, 0.3) is 10.9 Å². The fourth-order valence-corrected chi connectivity index (χ4v) is 2.27. The van der Waals surface area contributed by atoms with Crippen LogP contribution in [0.1, 0.15) is 11.1 Å². The van der Waals surface area contributed by atoms with E-state index < -0.39 is 0 Å². The van der Waals surface area contributed by atoms with Crippen molar-refractivity contribution in [3.8, 4) is 5.75 Å². The van der Waals surface area contributed by atoms with Gasteiger partial charge in [-0.3, -0.25) is 4.98 Å². The number of fused-ring (bicyclic) bond motifs is 1. The van der Waals surface area contributed by atoms with E-state index in [1.807, 2.05) is 43.3 Å². The number of nitrogens with two attached hydrogens (primary N) is 1. The van der Waals surface area contributed by atoms with E-state index >= 15 is 0 Å². The van der Waals surface area contributed by atoms with Gasteiger partial charge in [-0.25, -0.2) is 0 Å². The molecule has 0 radical (unpaired) electrons. The number of hydrogen-bond acceptors (Lipinski definition) is 3. The molecule has 0 atom stereocenters. The van der Waals surface area contributed by atoms with E-state index in [2.05, 4.69) is 17.1 Å². The molecule has 0 amide bonds. The maximum absolute atomic E-state index is 5.89. The van der Waals surface area contributed by atoms with Gasteiger partial charge in [0.2, 0.25) is 0 Å². The van der Waals surface area contributed by atoms with Crippen LogP contribution in [-0.4, -0.2) is 4.98 Å². The molecule has 1 heterocycles. The Morgan fingerprint density at radius 1 is 1.10 bits per heavy atom. The normalized spacial score (nSPS) is 10.7. The molecule has 20 heavy (non-hydrogen) atoms. The maximum Gasteiger partial charge on any atom is 0.122 e. The summed E-state index contributed by atoms with van der Waals surface area (Å²) in [5.74, 6) is 0.854. The highest BCUT2D eigenvalue weighted by Crippen LogP contribution is 2.23. The van der Waals surface area contributed by atoms with Crippen LogP contribution in [0.15, 0.2) is 54.7 Å². The van der Waals surface area contributed by atoms with E-state index in [0.29, 0.717) is 6.61 Å². The van der Waals surface area contributed by atoms with Gasteiger partial charge in [-0.2, -0.15) is 0 Å². The van der Waals surface area contributed by atoms with Crippen molar-refractivity contribution in [1.29, 1.82) is 0 Å². The van der Waals surface area contributed by atoms with Crippen molar-refractivity contribution in [2.75, 3.05) is 5.73 Å². The number of para-hydroxylation sites is 1. The number of nitrogen functional groups attached to an aromatic ring is 1. The summed E-state index contributed by atoms with van der Waals surface area (Å²) in [6, 6.07) is 15.8. The molecule has 2 aromatic carbocycles. The Hall–Kier alpha value is -2.55. The SMILES string of the molecule is Cc1cc(N)ccc1OCc1cccc2cccnc12. The first-order valence-electron chi connectivity index (χ1n) is 6.55. The monoisotopic (exact) mass is 264 g/mol. The molecule has 3 nitrogen and oxygen atoms in total. The molecule has 3 heteroatoms. The van der Waals surface area contributed by atoms with E-state index in [-0.39, 0.29) is 0 Å². The maximum atomic E-state index is 5.89. The third kappa shape index (κ3) is 2.43. The summed E-state index contributed by atoms with van der Waals surface area (Å²) >= 11 is 0. The molecule has 0 saturated heterocycles. The molecule has 0 fully saturated rings. The second-order valence-corrected chi connectivity index (χ2v) is 4.81. The van der Waals surface area contributed by atoms with Gasteiger partial charge in [-0.15, -0.1) is 0 Å². The Kier molecular flexibility index (Phi) is 3.25. The Morgan fingerprint density at radius 2 is 1.95 bits per heavy atom. The van der Waals surface area contributed by atoms with Crippen LogP contribution in [0, 0.1) is 6.92 Å². The summed E-state index contributed by atoms with van der Waals surface area (Å²) in [5, 5.41) is 1.13. The summed E-state index contributed by atoms with van der Waals surface area (Å²) in [6.07, 6.45) is 1.81. The van der Waals surface area contributed by atoms with Gasteiger partial charge in [-0.05, 0) is 36.8 Å². The number of anilines is 1. The summed E-state index contributed by atoms with van der Waals surface area (Å²) in [5.41, 5.74) is 9.61. The number of aryl methyl sites for hydroxylation is 1. The minimum Gasteiger partial charge on any atom is -0.489 e. The predicted octanol–water partition coefficient (Wildman–Crippen LogP) is 3.70. The second kappa shape index (κ2) is 5.21. The van der Waals surface area contributed by atoms with Crippen LogP contribution >= 0.6 is 0 Å². The molecule has 0 spiro atoms. The number of nitrogens with zero attached hydrogens (tertiary/aromatic N) is 1. The number of rotatable bonds is 3. The zero-order chi connectivity index (χ0) is 13.9. The van der Waals surface area contributed by atoms with Crippen molar-refractivity contribution < 1.29 is 4.74 Å². The Bertz CT molecular complexity index is 748. The number of pyridine rings is 1. The zero-order valence-electron chi connectivity index (χ0n) is 11.3. The highest BCUT2D eigenvalue weighted by molar-refractivity contribution is 5.81. The Balaban J connectivity index is 1.87.